The number of benzene rings is 3. The van der Waals surface area contributed by atoms with Gasteiger partial charge in [0.05, 0.1) is 30.2 Å². The number of hydrogen-bond donors (Lipinski definition) is 0. The molecule has 0 saturated carbocycles. The lowest BCUT2D eigenvalue weighted by atomic mass is 9.97. The Kier molecular flexibility index (Phi) is 6.82. The minimum absolute atomic E-state index is 0.0648. The van der Waals surface area contributed by atoms with Crippen LogP contribution in [-0.2, 0) is 0 Å². The van der Waals surface area contributed by atoms with Crippen molar-refractivity contribution in [3.05, 3.63) is 97.3 Å². The Balaban J connectivity index is 1.77. The quantitative estimate of drug-likeness (QED) is 0.240. The Bertz CT molecular complexity index is 1570. The molecule has 1 atom stereocenters. The first-order chi connectivity index (χ1) is 17.8. The number of halogens is 1. The molecule has 4 aromatic rings. The van der Waals surface area contributed by atoms with E-state index >= 15 is 0 Å². The molecule has 190 valence electrons. The zero-order valence-corrected chi connectivity index (χ0v) is 22.8. The smallest absolute Gasteiger partial charge is 0.295 e. The van der Waals surface area contributed by atoms with Crippen molar-refractivity contribution in [2.24, 2.45) is 0 Å². The summed E-state index contributed by atoms with van der Waals surface area (Å²) in [7, 11) is 0. The van der Waals surface area contributed by atoms with E-state index in [1.807, 2.05) is 82.3 Å². The third kappa shape index (κ3) is 4.42. The summed E-state index contributed by atoms with van der Waals surface area (Å²) in [5, 5.41) is 0.462. The fourth-order valence-electron chi connectivity index (χ4n) is 4.73. The van der Waals surface area contributed by atoms with Crippen molar-refractivity contribution >= 4 is 38.5 Å². The Morgan fingerprint density at radius 3 is 2.46 bits per heavy atom. The van der Waals surface area contributed by atoms with Gasteiger partial charge in [-0.15, -0.1) is 0 Å². The van der Waals surface area contributed by atoms with Gasteiger partial charge in [0.1, 0.15) is 5.58 Å². The average molecular weight is 562 g/mol. The van der Waals surface area contributed by atoms with E-state index in [0.717, 1.165) is 27.6 Å². The third-order valence-corrected chi connectivity index (χ3v) is 7.11. The average Bonchev–Trinajstić information content (AvgIpc) is 3.17. The van der Waals surface area contributed by atoms with E-state index in [4.69, 9.17) is 13.9 Å². The molecule has 0 N–H and O–H groups in total. The first kappa shape index (κ1) is 25.1. The molecule has 1 aliphatic rings. The lowest BCUT2D eigenvalue weighted by Gasteiger charge is -2.26. The van der Waals surface area contributed by atoms with Gasteiger partial charge in [0.25, 0.3) is 5.91 Å². The van der Waals surface area contributed by atoms with Gasteiger partial charge >= 0.3 is 0 Å². The first-order valence-electron chi connectivity index (χ1n) is 12.4. The summed E-state index contributed by atoms with van der Waals surface area (Å²) in [6.07, 6.45) is 0.863. The molecule has 0 radical (unpaired) electrons. The summed E-state index contributed by atoms with van der Waals surface area (Å²) >= 11 is 3.51. The predicted octanol–water partition coefficient (Wildman–Crippen LogP) is 7.11. The summed E-state index contributed by atoms with van der Waals surface area (Å²) in [4.78, 5) is 29.5. The van der Waals surface area contributed by atoms with Crippen LogP contribution in [0.3, 0.4) is 0 Å². The molecule has 2 heterocycles. The molecular formula is C30H28BrNO5. The molecule has 0 fully saturated rings. The van der Waals surface area contributed by atoms with Gasteiger partial charge in [-0.05, 0) is 86.3 Å². The molecular weight excluding hydrogens is 534 g/mol. The van der Waals surface area contributed by atoms with Crippen molar-refractivity contribution in [2.75, 3.05) is 18.1 Å². The fraction of sp³-hybridized carbons (Fsp3) is 0.267. The predicted molar refractivity (Wildman–Crippen MR) is 148 cm³/mol. The second-order valence-corrected chi connectivity index (χ2v) is 10.1. The maximum Gasteiger partial charge on any atom is 0.295 e. The SMILES string of the molecule is CCCOc1ccc(C2c3c(oc4cc(C)c(C)cc4c3=O)C(=O)N2c2cccc(Br)c2)cc1OCC. The van der Waals surface area contributed by atoms with Crippen LogP contribution >= 0.6 is 15.9 Å². The Hall–Kier alpha value is -3.58. The molecule has 0 spiro atoms. The molecule has 1 unspecified atom stereocenters. The van der Waals surface area contributed by atoms with E-state index in [9.17, 15) is 9.59 Å². The van der Waals surface area contributed by atoms with Gasteiger partial charge in [0.15, 0.2) is 16.9 Å². The largest absolute Gasteiger partial charge is 0.490 e. The lowest BCUT2D eigenvalue weighted by Crippen LogP contribution is -2.29. The van der Waals surface area contributed by atoms with Crippen LogP contribution in [0, 0.1) is 13.8 Å². The van der Waals surface area contributed by atoms with Crippen LogP contribution in [0.2, 0.25) is 0 Å². The van der Waals surface area contributed by atoms with Gasteiger partial charge in [-0.1, -0.05) is 35.0 Å². The Morgan fingerprint density at radius 1 is 0.946 bits per heavy atom. The zero-order valence-electron chi connectivity index (χ0n) is 21.3. The van der Waals surface area contributed by atoms with E-state index < -0.39 is 6.04 Å². The highest BCUT2D eigenvalue weighted by atomic mass is 79.9. The van der Waals surface area contributed by atoms with Crippen LogP contribution in [-0.4, -0.2) is 19.1 Å². The van der Waals surface area contributed by atoms with Crippen LogP contribution in [0.15, 0.2) is 68.3 Å². The van der Waals surface area contributed by atoms with Gasteiger partial charge in [-0.25, -0.2) is 0 Å². The van der Waals surface area contributed by atoms with E-state index in [1.165, 1.54) is 0 Å². The number of carbonyl (C=O) groups excluding carboxylic acids is 1. The summed E-state index contributed by atoms with van der Waals surface area (Å²) < 4.78 is 18.8. The summed E-state index contributed by atoms with van der Waals surface area (Å²) in [6, 6.07) is 16.0. The first-order valence-corrected chi connectivity index (χ1v) is 13.2. The van der Waals surface area contributed by atoms with Crippen molar-refractivity contribution in [1.82, 2.24) is 0 Å². The number of hydrogen-bond acceptors (Lipinski definition) is 5. The van der Waals surface area contributed by atoms with Crippen molar-refractivity contribution in [1.29, 1.82) is 0 Å². The van der Waals surface area contributed by atoms with E-state index in [2.05, 4.69) is 15.9 Å². The second-order valence-electron chi connectivity index (χ2n) is 9.15. The fourth-order valence-corrected chi connectivity index (χ4v) is 5.12. The van der Waals surface area contributed by atoms with Crippen LogP contribution < -0.4 is 19.8 Å². The standard InChI is InChI=1S/C30H28BrNO5/c1-5-12-36-23-11-10-19(15-25(23)35-6-2)27-26-28(33)22-13-17(3)18(4)14-24(22)37-29(26)30(34)32(27)21-9-7-8-20(31)16-21/h7-11,13-16,27H,5-6,12H2,1-4H3. The number of ether oxygens (including phenoxy) is 2. The topological polar surface area (TPSA) is 69.0 Å². The number of anilines is 1. The highest BCUT2D eigenvalue weighted by Crippen LogP contribution is 2.44. The molecule has 0 bridgehead atoms. The number of carbonyl (C=O) groups is 1. The van der Waals surface area contributed by atoms with Gasteiger partial charge in [-0.2, -0.15) is 0 Å². The van der Waals surface area contributed by atoms with Gasteiger partial charge in [-0.3, -0.25) is 14.5 Å². The molecule has 1 amide bonds. The third-order valence-electron chi connectivity index (χ3n) is 6.62. The normalized spacial score (nSPS) is 14.8. The number of fused-ring (bicyclic) bond motifs is 2. The van der Waals surface area contributed by atoms with Crippen molar-refractivity contribution in [3.8, 4) is 11.5 Å². The molecule has 1 aliphatic heterocycles. The molecule has 5 rings (SSSR count). The highest BCUT2D eigenvalue weighted by molar-refractivity contribution is 9.10. The molecule has 0 saturated heterocycles. The van der Waals surface area contributed by atoms with Crippen molar-refractivity contribution in [3.63, 3.8) is 0 Å². The number of nitrogens with zero attached hydrogens (tertiary/aromatic N) is 1. The maximum absolute atomic E-state index is 14.0. The Morgan fingerprint density at radius 2 is 1.73 bits per heavy atom. The molecule has 3 aromatic carbocycles. The molecule has 1 aromatic heterocycles. The molecule has 6 nitrogen and oxygen atoms in total. The summed E-state index contributed by atoms with van der Waals surface area (Å²) in [5.74, 6) is 0.900. The van der Waals surface area contributed by atoms with Gasteiger partial charge < -0.3 is 13.9 Å². The minimum atomic E-state index is -0.696. The second kappa shape index (κ2) is 10.1. The monoisotopic (exact) mass is 561 g/mol. The van der Waals surface area contributed by atoms with Crippen molar-refractivity contribution in [2.45, 2.75) is 40.2 Å². The van der Waals surface area contributed by atoms with Crippen LogP contribution in [0.5, 0.6) is 11.5 Å². The number of aryl methyl sites for hydroxylation is 2. The van der Waals surface area contributed by atoms with Gasteiger partial charge in [0, 0.05) is 10.2 Å². The van der Waals surface area contributed by atoms with Crippen LogP contribution in [0.25, 0.3) is 11.0 Å². The number of rotatable bonds is 7. The zero-order chi connectivity index (χ0) is 26.3. The molecule has 0 aliphatic carbocycles. The van der Waals surface area contributed by atoms with Crippen LogP contribution in [0.4, 0.5) is 5.69 Å². The maximum atomic E-state index is 14.0. The molecule has 37 heavy (non-hydrogen) atoms. The van der Waals surface area contributed by atoms with E-state index in [-0.39, 0.29) is 17.1 Å². The lowest BCUT2D eigenvalue weighted by molar-refractivity contribution is 0.0971. The summed E-state index contributed by atoms with van der Waals surface area (Å²) in [5.41, 5.74) is 3.88. The summed E-state index contributed by atoms with van der Waals surface area (Å²) in [6.45, 7) is 8.87. The highest BCUT2D eigenvalue weighted by Gasteiger charge is 2.44. The van der Waals surface area contributed by atoms with Crippen LogP contribution in [0.1, 0.15) is 59.1 Å². The van der Waals surface area contributed by atoms with Gasteiger partial charge in [0.2, 0.25) is 5.76 Å². The van der Waals surface area contributed by atoms with E-state index in [0.29, 0.717) is 46.9 Å². The van der Waals surface area contributed by atoms with Crippen molar-refractivity contribution < 1.29 is 18.7 Å². The minimum Gasteiger partial charge on any atom is -0.490 e. The number of amides is 1. The molecule has 7 heteroatoms. The Labute approximate surface area is 223 Å². The van der Waals surface area contributed by atoms with E-state index in [1.54, 1.807) is 4.90 Å².